The summed E-state index contributed by atoms with van der Waals surface area (Å²) in [5.41, 5.74) is 3.31. The Kier molecular flexibility index (Phi) is 12.3. The zero-order valence-corrected chi connectivity index (χ0v) is 21.7. The van der Waals surface area contributed by atoms with Crippen LogP contribution in [-0.4, -0.2) is 54.0 Å². The maximum atomic E-state index is 12.8. The largest absolute Gasteiger partial charge is 0.330 e. The quantitative estimate of drug-likeness (QED) is 0.491. The highest BCUT2D eigenvalue weighted by Crippen LogP contribution is 2.17. The molecule has 2 rings (SSSR count). The van der Waals surface area contributed by atoms with Crippen LogP contribution in [-0.2, 0) is 6.54 Å². The van der Waals surface area contributed by atoms with Crippen molar-refractivity contribution in [1.29, 1.82) is 0 Å². The maximum Gasteiger partial charge on any atom is 0.325 e. The normalized spacial score (nSPS) is 10.3. The summed E-state index contributed by atoms with van der Waals surface area (Å²) < 4.78 is 0. The van der Waals surface area contributed by atoms with Crippen LogP contribution in [0.2, 0.25) is 0 Å². The topological polar surface area (TPSA) is 39.7 Å². The van der Waals surface area contributed by atoms with Crippen LogP contribution in [0.3, 0.4) is 0 Å². The van der Waals surface area contributed by atoms with Crippen LogP contribution in [0.4, 0.5) is 10.6 Å². The minimum atomic E-state index is -0.0454. The van der Waals surface area contributed by atoms with Gasteiger partial charge in [0, 0.05) is 45.5 Å². The lowest BCUT2D eigenvalue weighted by Crippen LogP contribution is -2.45. The van der Waals surface area contributed by atoms with Gasteiger partial charge in [-0.25, -0.2) is 9.78 Å². The molecule has 0 aliphatic rings. The molecule has 0 spiro atoms. The molecule has 0 aliphatic heterocycles. The van der Waals surface area contributed by atoms with E-state index in [1.54, 1.807) is 23.9 Å². The predicted octanol–water partition coefficient (Wildman–Crippen LogP) is 5.25. The van der Waals surface area contributed by atoms with E-state index in [2.05, 4.69) is 48.0 Å². The lowest BCUT2D eigenvalue weighted by Gasteiger charge is -2.31. The van der Waals surface area contributed by atoms with Crippen LogP contribution in [0, 0.1) is 13.8 Å². The SMILES string of the molecule is Br.Br.Cc1cc(C)nc(N(CCN(Cc2ccccc2)C(C)C)C(=O)N(C)C)c1. The number of hydrogen-bond donors (Lipinski definition) is 0. The predicted molar refractivity (Wildman–Crippen MR) is 133 cm³/mol. The van der Waals surface area contributed by atoms with E-state index in [4.69, 9.17) is 0 Å². The van der Waals surface area contributed by atoms with Gasteiger partial charge < -0.3 is 4.90 Å². The third-order valence-corrected chi connectivity index (χ3v) is 4.54. The number of amides is 2. The van der Waals surface area contributed by atoms with E-state index in [0.29, 0.717) is 12.6 Å². The molecule has 0 saturated heterocycles. The molecule has 5 nitrogen and oxygen atoms in total. The Morgan fingerprint density at radius 2 is 1.62 bits per heavy atom. The van der Waals surface area contributed by atoms with Gasteiger partial charge in [0.1, 0.15) is 5.82 Å². The standard InChI is InChI=1S/C22H32N4O.2BrH/c1-17(2)25(16-20-10-8-7-9-11-20)12-13-26(22(27)24(5)6)21-15-18(3)14-19(4)23-21;;/h7-11,14-15,17H,12-13,16H2,1-6H3;2*1H. The van der Waals surface area contributed by atoms with E-state index < -0.39 is 0 Å². The summed E-state index contributed by atoms with van der Waals surface area (Å²) in [7, 11) is 3.56. The Balaban J connectivity index is 0.00000392. The van der Waals surface area contributed by atoms with Crippen LogP contribution in [0.1, 0.15) is 30.7 Å². The minimum absolute atomic E-state index is 0. The van der Waals surface area contributed by atoms with Gasteiger partial charge in [-0.05, 0) is 51.0 Å². The number of anilines is 1. The van der Waals surface area contributed by atoms with Gasteiger partial charge in [0.15, 0.2) is 0 Å². The fourth-order valence-electron chi connectivity index (χ4n) is 3.07. The van der Waals surface area contributed by atoms with E-state index in [9.17, 15) is 4.79 Å². The van der Waals surface area contributed by atoms with Gasteiger partial charge in [0.2, 0.25) is 0 Å². The molecule has 2 amide bonds. The number of benzene rings is 1. The summed E-state index contributed by atoms with van der Waals surface area (Å²) in [6.07, 6.45) is 0. The Morgan fingerprint density at radius 1 is 1.00 bits per heavy atom. The van der Waals surface area contributed by atoms with Crippen LogP contribution in [0.5, 0.6) is 0 Å². The molecule has 0 fully saturated rings. The number of carbonyl (C=O) groups excluding carboxylic acids is 1. The molecule has 0 unspecified atom stereocenters. The highest BCUT2D eigenvalue weighted by atomic mass is 79.9. The van der Waals surface area contributed by atoms with Gasteiger partial charge in [-0.15, -0.1) is 34.0 Å². The third kappa shape index (κ3) is 8.44. The van der Waals surface area contributed by atoms with E-state index in [1.807, 2.05) is 32.0 Å². The van der Waals surface area contributed by atoms with Crippen LogP contribution in [0.15, 0.2) is 42.5 Å². The molecule has 29 heavy (non-hydrogen) atoms. The first kappa shape index (κ1) is 27.6. The number of carbonyl (C=O) groups is 1. The monoisotopic (exact) mass is 528 g/mol. The second-order valence-corrected chi connectivity index (χ2v) is 7.52. The summed E-state index contributed by atoms with van der Waals surface area (Å²) >= 11 is 0. The van der Waals surface area contributed by atoms with Gasteiger partial charge in [-0.1, -0.05) is 30.3 Å². The molecule has 0 saturated carbocycles. The number of pyridine rings is 1. The van der Waals surface area contributed by atoms with Gasteiger partial charge in [0.05, 0.1) is 0 Å². The van der Waals surface area contributed by atoms with Crippen molar-refractivity contribution in [3.63, 3.8) is 0 Å². The van der Waals surface area contributed by atoms with Gasteiger partial charge >= 0.3 is 6.03 Å². The van der Waals surface area contributed by atoms with Gasteiger partial charge in [-0.2, -0.15) is 0 Å². The molecule has 0 radical (unpaired) electrons. The summed E-state index contributed by atoms with van der Waals surface area (Å²) in [6.45, 7) is 10.6. The van der Waals surface area contributed by atoms with Crippen molar-refractivity contribution in [2.75, 3.05) is 32.1 Å². The van der Waals surface area contributed by atoms with Crippen molar-refractivity contribution in [2.45, 2.75) is 40.3 Å². The number of urea groups is 1. The van der Waals surface area contributed by atoms with Gasteiger partial charge in [0.25, 0.3) is 0 Å². The van der Waals surface area contributed by atoms with Crippen molar-refractivity contribution in [2.24, 2.45) is 0 Å². The van der Waals surface area contributed by atoms with Crippen LogP contribution in [0.25, 0.3) is 0 Å². The average Bonchev–Trinajstić information content (AvgIpc) is 2.60. The highest BCUT2D eigenvalue weighted by Gasteiger charge is 2.21. The Hall–Kier alpha value is -1.44. The molecule has 0 atom stereocenters. The molecule has 0 N–H and O–H groups in total. The molecule has 162 valence electrons. The average molecular weight is 530 g/mol. The number of nitrogens with zero attached hydrogens (tertiary/aromatic N) is 4. The number of aryl methyl sites for hydroxylation is 2. The molecule has 1 heterocycles. The second kappa shape index (κ2) is 13.0. The lowest BCUT2D eigenvalue weighted by molar-refractivity contribution is 0.207. The molecule has 1 aromatic heterocycles. The first-order valence-electron chi connectivity index (χ1n) is 9.50. The van der Waals surface area contributed by atoms with Crippen molar-refractivity contribution in [3.8, 4) is 0 Å². The van der Waals surface area contributed by atoms with Crippen molar-refractivity contribution in [1.82, 2.24) is 14.8 Å². The molecular weight excluding hydrogens is 496 g/mol. The molecule has 2 aromatic rings. The number of hydrogen-bond acceptors (Lipinski definition) is 3. The van der Waals surface area contributed by atoms with Crippen LogP contribution < -0.4 is 4.90 Å². The molecule has 1 aromatic carbocycles. The molecule has 0 aliphatic carbocycles. The fraction of sp³-hybridized carbons (Fsp3) is 0.455. The van der Waals surface area contributed by atoms with Gasteiger partial charge in [-0.3, -0.25) is 9.80 Å². The van der Waals surface area contributed by atoms with E-state index in [0.717, 1.165) is 30.2 Å². The minimum Gasteiger partial charge on any atom is -0.330 e. The van der Waals surface area contributed by atoms with Crippen molar-refractivity contribution >= 4 is 45.8 Å². The van der Waals surface area contributed by atoms with Crippen LogP contribution >= 0.6 is 34.0 Å². The number of halogens is 2. The number of aromatic nitrogens is 1. The molecule has 0 bridgehead atoms. The van der Waals surface area contributed by atoms with Crippen molar-refractivity contribution < 1.29 is 4.79 Å². The Bertz CT molecular complexity index is 733. The van der Waals surface area contributed by atoms with E-state index >= 15 is 0 Å². The van der Waals surface area contributed by atoms with Crippen molar-refractivity contribution in [3.05, 3.63) is 59.3 Å². The second-order valence-electron chi connectivity index (χ2n) is 7.52. The first-order valence-corrected chi connectivity index (χ1v) is 9.50. The summed E-state index contributed by atoms with van der Waals surface area (Å²) in [5.74, 6) is 0.717. The third-order valence-electron chi connectivity index (χ3n) is 4.54. The maximum absolute atomic E-state index is 12.8. The number of rotatable bonds is 7. The summed E-state index contributed by atoms with van der Waals surface area (Å²) in [5, 5.41) is 0. The zero-order valence-electron chi connectivity index (χ0n) is 18.3. The molecule has 7 heteroatoms. The Morgan fingerprint density at radius 3 is 2.14 bits per heavy atom. The summed E-state index contributed by atoms with van der Waals surface area (Å²) in [4.78, 5) is 23.2. The summed E-state index contributed by atoms with van der Waals surface area (Å²) in [6, 6.07) is 14.8. The first-order chi connectivity index (χ1) is 12.8. The smallest absolute Gasteiger partial charge is 0.325 e. The fourth-order valence-corrected chi connectivity index (χ4v) is 3.07. The lowest BCUT2D eigenvalue weighted by atomic mass is 10.2. The van der Waals surface area contributed by atoms with E-state index in [-0.39, 0.29) is 40.0 Å². The zero-order chi connectivity index (χ0) is 20.0. The molecular formula is C22H34Br2N4O. The van der Waals surface area contributed by atoms with E-state index in [1.165, 1.54) is 5.56 Å². The highest BCUT2D eigenvalue weighted by molar-refractivity contribution is 8.93. The Labute approximate surface area is 196 Å².